The Morgan fingerprint density at radius 3 is 2.51 bits per heavy atom. The zero-order valence-corrected chi connectivity index (χ0v) is 28.9. The molecule has 3 aromatic heterocycles. The molecule has 2 fully saturated rings. The van der Waals surface area contributed by atoms with Crippen molar-refractivity contribution in [1.29, 1.82) is 0 Å². The van der Waals surface area contributed by atoms with Gasteiger partial charge >= 0.3 is 6.09 Å². The molecule has 13 heteroatoms. The summed E-state index contributed by atoms with van der Waals surface area (Å²) in [6, 6.07) is 2.96. The number of carbonyl (C=O) groups is 1. The average Bonchev–Trinajstić information content (AvgIpc) is 3.58. The molecule has 1 amide bonds. The van der Waals surface area contributed by atoms with Crippen molar-refractivity contribution in [2.24, 2.45) is 7.05 Å². The minimum Gasteiger partial charge on any atom is -0.444 e. The Balaban J connectivity index is 1.32. The maximum absolute atomic E-state index is 15.2. The molecule has 4 aromatic rings. The fourth-order valence-corrected chi connectivity index (χ4v) is 7.62. The number of rotatable bonds is 8. The number of alkyl carbamates (subject to hydrolysis) is 1. The quantitative estimate of drug-likeness (QED) is 0.159. The second kappa shape index (κ2) is 11.9. The van der Waals surface area contributed by atoms with Crippen LogP contribution in [-0.4, -0.2) is 68.8 Å². The molecular formula is C32H43ClFN7O3Si. The SMILES string of the molecule is Cn1cc2c(Cl)c(-c3cn(COCC[Si](C)(C)C)c4nc(N5[C@@H]6CC[C@H]5C[C@@H](NC(=O)OC(C)(C)C)C6)cnc34)cc(F)c2n1. The van der Waals surface area contributed by atoms with Gasteiger partial charge in [-0.25, -0.2) is 19.2 Å². The molecule has 3 atom stereocenters. The van der Waals surface area contributed by atoms with Crippen LogP contribution in [0.3, 0.4) is 0 Å². The highest BCUT2D eigenvalue weighted by Crippen LogP contribution is 2.42. The third kappa shape index (κ3) is 6.68. The molecule has 0 saturated carbocycles. The minimum absolute atomic E-state index is 0.0416. The van der Waals surface area contributed by atoms with Gasteiger partial charge in [-0.1, -0.05) is 31.2 Å². The number of nitrogens with one attached hydrogen (secondary N) is 1. The van der Waals surface area contributed by atoms with Crippen molar-refractivity contribution >= 4 is 53.7 Å². The zero-order valence-electron chi connectivity index (χ0n) is 27.2. The maximum atomic E-state index is 15.2. The molecule has 10 nitrogen and oxygen atoms in total. The van der Waals surface area contributed by atoms with E-state index in [4.69, 9.17) is 31.0 Å². The highest BCUT2D eigenvalue weighted by molar-refractivity contribution is 6.76. The second-order valence-corrected chi connectivity index (χ2v) is 20.7. The van der Waals surface area contributed by atoms with E-state index in [9.17, 15) is 4.79 Å². The molecule has 2 aliphatic rings. The number of ether oxygens (including phenoxy) is 2. The van der Waals surface area contributed by atoms with Crippen LogP contribution < -0.4 is 10.2 Å². The van der Waals surface area contributed by atoms with E-state index in [1.54, 1.807) is 17.9 Å². The number of benzene rings is 1. The van der Waals surface area contributed by atoms with E-state index in [1.807, 2.05) is 37.7 Å². The number of piperidine rings is 1. The monoisotopic (exact) mass is 655 g/mol. The Morgan fingerprint density at radius 1 is 1.13 bits per heavy atom. The first-order valence-corrected chi connectivity index (χ1v) is 19.8. The number of halogens is 2. The van der Waals surface area contributed by atoms with Crippen LogP contribution in [0.25, 0.3) is 33.2 Å². The number of hydrogen-bond donors (Lipinski definition) is 1. The molecule has 2 bridgehead atoms. The molecule has 1 aromatic carbocycles. The van der Waals surface area contributed by atoms with Crippen LogP contribution in [0.4, 0.5) is 15.0 Å². The third-order valence-corrected chi connectivity index (χ3v) is 10.7. The predicted molar refractivity (Wildman–Crippen MR) is 178 cm³/mol. The molecule has 5 heterocycles. The summed E-state index contributed by atoms with van der Waals surface area (Å²) < 4.78 is 30.4. The normalized spacial score (nSPS) is 20.4. The highest BCUT2D eigenvalue weighted by Gasteiger charge is 2.42. The van der Waals surface area contributed by atoms with Crippen LogP contribution in [-0.2, 0) is 23.3 Å². The molecule has 6 rings (SSSR count). The van der Waals surface area contributed by atoms with E-state index in [1.165, 1.54) is 6.07 Å². The summed E-state index contributed by atoms with van der Waals surface area (Å²) in [5, 5.41) is 8.28. The zero-order chi connectivity index (χ0) is 32.3. The average molecular weight is 656 g/mol. The first-order chi connectivity index (χ1) is 21.2. The van der Waals surface area contributed by atoms with Crippen molar-refractivity contribution in [3.63, 3.8) is 0 Å². The summed E-state index contributed by atoms with van der Waals surface area (Å²) in [5.74, 6) is 0.347. The molecule has 242 valence electrons. The summed E-state index contributed by atoms with van der Waals surface area (Å²) in [6.07, 6.45) is 8.72. The fourth-order valence-electron chi connectivity index (χ4n) is 6.57. The lowest BCUT2D eigenvalue weighted by molar-refractivity contribution is 0.0492. The van der Waals surface area contributed by atoms with Gasteiger partial charge in [-0.2, -0.15) is 5.10 Å². The van der Waals surface area contributed by atoms with Crippen LogP contribution in [0, 0.1) is 5.82 Å². The summed E-state index contributed by atoms with van der Waals surface area (Å²) in [5.41, 5.74) is 2.21. The number of aryl methyl sites for hydroxylation is 1. The van der Waals surface area contributed by atoms with Gasteiger partial charge in [0.2, 0.25) is 0 Å². The smallest absolute Gasteiger partial charge is 0.407 e. The molecule has 0 aliphatic carbocycles. The molecular weight excluding hydrogens is 613 g/mol. The molecule has 2 aliphatic heterocycles. The summed E-state index contributed by atoms with van der Waals surface area (Å²) in [6.45, 7) is 13.5. The summed E-state index contributed by atoms with van der Waals surface area (Å²) in [4.78, 5) is 24.9. The van der Waals surface area contributed by atoms with Gasteiger partial charge in [0.15, 0.2) is 11.5 Å². The molecule has 0 unspecified atom stereocenters. The van der Waals surface area contributed by atoms with Gasteiger partial charge in [0, 0.05) is 68.8 Å². The van der Waals surface area contributed by atoms with Crippen molar-refractivity contribution in [3.8, 4) is 11.1 Å². The second-order valence-electron chi connectivity index (χ2n) is 14.7. The van der Waals surface area contributed by atoms with Crippen LogP contribution in [0.5, 0.6) is 0 Å². The van der Waals surface area contributed by atoms with E-state index in [0.29, 0.717) is 46.0 Å². The highest BCUT2D eigenvalue weighted by atomic mass is 35.5. The summed E-state index contributed by atoms with van der Waals surface area (Å²) >= 11 is 6.88. The number of amides is 1. The number of fused-ring (bicyclic) bond motifs is 4. The molecule has 1 N–H and O–H groups in total. The number of aromatic nitrogens is 5. The number of nitrogens with zero attached hydrogens (tertiary/aromatic N) is 6. The largest absolute Gasteiger partial charge is 0.444 e. The van der Waals surface area contributed by atoms with Crippen LogP contribution in [0.2, 0.25) is 30.7 Å². The predicted octanol–water partition coefficient (Wildman–Crippen LogP) is 7.11. The minimum atomic E-state index is -1.27. The lowest BCUT2D eigenvalue weighted by Crippen LogP contribution is -2.51. The van der Waals surface area contributed by atoms with Gasteiger partial charge in [-0.05, 0) is 58.6 Å². The Kier molecular flexibility index (Phi) is 8.36. The Labute approximate surface area is 269 Å². The van der Waals surface area contributed by atoms with Gasteiger partial charge < -0.3 is 24.3 Å². The first-order valence-electron chi connectivity index (χ1n) is 15.7. The van der Waals surface area contributed by atoms with Gasteiger partial charge in [-0.15, -0.1) is 0 Å². The topological polar surface area (TPSA) is 99.3 Å². The summed E-state index contributed by atoms with van der Waals surface area (Å²) in [7, 11) is 0.473. The third-order valence-electron chi connectivity index (χ3n) is 8.59. The molecule has 0 spiro atoms. The lowest BCUT2D eigenvalue weighted by Gasteiger charge is -2.39. The van der Waals surface area contributed by atoms with E-state index in [2.05, 4.69) is 35.0 Å². The van der Waals surface area contributed by atoms with E-state index in [0.717, 1.165) is 37.5 Å². The number of carbonyl (C=O) groups excluding carboxylic acids is 1. The van der Waals surface area contributed by atoms with Crippen LogP contribution in [0.15, 0.2) is 24.7 Å². The van der Waals surface area contributed by atoms with E-state index >= 15 is 4.39 Å². The van der Waals surface area contributed by atoms with Gasteiger partial charge in [0.25, 0.3) is 0 Å². The molecule has 2 saturated heterocycles. The molecule has 45 heavy (non-hydrogen) atoms. The van der Waals surface area contributed by atoms with Crippen molar-refractivity contribution in [2.75, 3.05) is 11.5 Å². The Morgan fingerprint density at radius 2 is 1.84 bits per heavy atom. The van der Waals surface area contributed by atoms with Crippen molar-refractivity contribution < 1.29 is 18.7 Å². The van der Waals surface area contributed by atoms with E-state index in [-0.39, 0.29) is 29.7 Å². The van der Waals surface area contributed by atoms with Crippen LogP contribution >= 0.6 is 11.6 Å². The molecule has 0 radical (unpaired) electrons. The van der Waals surface area contributed by atoms with Gasteiger partial charge in [-0.3, -0.25) is 4.68 Å². The van der Waals surface area contributed by atoms with Crippen molar-refractivity contribution in [2.45, 2.75) is 103 Å². The van der Waals surface area contributed by atoms with Crippen LogP contribution in [0.1, 0.15) is 46.5 Å². The standard InChI is InChI=1S/C32H43ClFN7O3Si/c1-32(2,3)44-31(42)36-19-12-20-8-9-21(13-19)41(20)26-15-35-29-23(17-40(30(29)37-26)18-43-10-11-45(5,6)7)22-14-25(34)28-24(27(22)33)16-39(4)38-28/h14-17,19-21H,8-13,18H2,1-7H3,(H,36,42)/t19-,20+,21-. The fraction of sp³-hybridized carbons (Fsp3) is 0.562. The van der Waals surface area contributed by atoms with Crippen molar-refractivity contribution in [1.82, 2.24) is 29.6 Å². The maximum Gasteiger partial charge on any atom is 0.407 e. The van der Waals surface area contributed by atoms with Gasteiger partial charge in [0.05, 0.1) is 11.2 Å². The van der Waals surface area contributed by atoms with Crippen molar-refractivity contribution in [3.05, 3.63) is 35.5 Å². The first kappa shape index (κ1) is 31.7. The Bertz CT molecular complexity index is 1730. The Hall–Kier alpha value is -3.22. The number of hydrogen-bond acceptors (Lipinski definition) is 7. The van der Waals surface area contributed by atoms with E-state index < -0.39 is 19.5 Å². The lowest BCUT2D eigenvalue weighted by atomic mass is 9.97. The number of anilines is 1. The van der Waals surface area contributed by atoms with Gasteiger partial charge in [0.1, 0.15) is 29.2 Å².